The number of carbonyl (C=O) groups is 2. The smallest absolute Gasteiger partial charge is 0.314 e. The SMILES string of the molecule is C[C@@H]1CN(C(=O)C(=O)Nc2cnc(N)c3cn(C4CCCCO4)nc23)[C@@H](c2ccccc2)CC1(F)F. The maximum Gasteiger partial charge on any atom is 0.314 e. The third kappa shape index (κ3) is 4.50. The van der Waals surface area contributed by atoms with Crippen molar-refractivity contribution in [3.05, 3.63) is 48.3 Å². The largest absolute Gasteiger partial charge is 0.383 e. The summed E-state index contributed by atoms with van der Waals surface area (Å²) in [6.07, 6.45) is 5.02. The molecule has 0 saturated carbocycles. The van der Waals surface area contributed by atoms with Gasteiger partial charge in [0.2, 0.25) is 0 Å². The van der Waals surface area contributed by atoms with Gasteiger partial charge in [0.25, 0.3) is 5.92 Å². The van der Waals surface area contributed by atoms with Crippen LogP contribution in [0, 0.1) is 5.92 Å². The summed E-state index contributed by atoms with van der Waals surface area (Å²) < 4.78 is 36.6. The number of piperidine rings is 1. The molecule has 3 aromatic rings. The third-order valence-electron chi connectivity index (χ3n) is 6.97. The van der Waals surface area contributed by atoms with Gasteiger partial charge in [-0.1, -0.05) is 37.3 Å². The average Bonchev–Trinajstić information content (AvgIpc) is 3.34. The second-order valence-electron chi connectivity index (χ2n) is 9.45. The minimum Gasteiger partial charge on any atom is -0.383 e. The van der Waals surface area contributed by atoms with E-state index >= 15 is 0 Å². The van der Waals surface area contributed by atoms with E-state index in [2.05, 4.69) is 15.4 Å². The molecular formula is C25H28F2N6O3. The number of fused-ring (bicyclic) bond motifs is 1. The Hall–Kier alpha value is -3.60. The van der Waals surface area contributed by atoms with E-state index < -0.39 is 36.1 Å². The van der Waals surface area contributed by atoms with Crippen molar-refractivity contribution in [3.63, 3.8) is 0 Å². The molecule has 0 aliphatic carbocycles. The number of anilines is 2. The van der Waals surface area contributed by atoms with Crippen LogP contribution < -0.4 is 11.1 Å². The predicted octanol–water partition coefficient (Wildman–Crippen LogP) is 3.90. The molecule has 3 N–H and O–H groups in total. The molecule has 0 radical (unpaired) electrons. The quantitative estimate of drug-likeness (QED) is 0.530. The summed E-state index contributed by atoms with van der Waals surface area (Å²) in [5.41, 5.74) is 7.16. The zero-order chi connectivity index (χ0) is 25.4. The number of nitrogens with zero attached hydrogens (tertiary/aromatic N) is 4. The van der Waals surface area contributed by atoms with Gasteiger partial charge in [-0.25, -0.2) is 18.4 Å². The highest BCUT2D eigenvalue weighted by Gasteiger charge is 2.48. The van der Waals surface area contributed by atoms with E-state index in [1.165, 1.54) is 18.0 Å². The number of hydrogen-bond acceptors (Lipinski definition) is 6. The molecule has 190 valence electrons. The lowest BCUT2D eigenvalue weighted by Crippen LogP contribution is -2.52. The molecule has 36 heavy (non-hydrogen) atoms. The Morgan fingerprint density at radius 3 is 2.72 bits per heavy atom. The number of benzene rings is 1. The Morgan fingerprint density at radius 1 is 1.22 bits per heavy atom. The fourth-order valence-corrected chi connectivity index (χ4v) is 4.84. The molecule has 4 heterocycles. The fraction of sp³-hybridized carbons (Fsp3) is 0.440. The summed E-state index contributed by atoms with van der Waals surface area (Å²) in [4.78, 5) is 31.7. The zero-order valence-corrected chi connectivity index (χ0v) is 19.9. The summed E-state index contributed by atoms with van der Waals surface area (Å²) in [6, 6.07) is 7.64. The molecule has 1 aromatic carbocycles. The lowest BCUT2D eigenvalue weighted by Gasteiger charge is -2.42. The molecule has 2 fully saturated rings. The Bertz CT molecular complexity index is 1280. The molecule has 2 aromatic heterocycles. The van der Waals surface area contributed by atoms with Gasteiger partial charge in [-0.05, 0) is 24.8 Å². The average molecular weight is 499 g/mol. The molecule has 3 atom stereocenters. The number of carbonyl (C=O) groups excluding carboxylic acids is 2. The van der Waals surface area contributed by atoms with E-state index in [1.807, 2.05) is 0 Å². The number of nitrogens with two attached hydrogens (primary N) is 1. The number of amides is 2. The van der Waals surface area contributed by atoms with Crippen molar-refractivity contribution in [2.24, 2.45) is 5.92 Å². The molecular weight excluding hydrogens is 470 g/mol. The molecule has 2 aliphatic heterocycles. The lowest BCUT2D eigenvalue weighted by molar-refractivity contribution is -0.159. The van der Waals surface area contributed by atoms with E-state index in [9.17, 15) is 18.4 Å². The van der Waals surface area contributed by atoms with Crippen LogP contribution in [-0.4, -0.2) is 50.6 Å². The fourth-order valence-electron chi connectivity index (χ4n) is 4.84. The van der Waals surface area contributed by atoms with Crippen LogP contribution in [0.25, 0.3) is 10.9 Å². The van der Waals surface area contributed by atoms with Crippen LogP contribution in [0.4, 0.5) is 20.3 Å². The third-order valence-corrected chi connectivity index (χ3v) is 6.97. The van der Waals surface area contributed by atoms with E-state index in [0.717, 1.165) is 19.3 Å². The first-order valence-corrected chi connectivity index (χ1v) is 12.0. The molecule has 0 spiro atoms. The Kier molecular flexibility index (Phi) is 6.33. The van der Waals surface area contributed by atoms with E-state index in [-0.39, 0.29) is 24.3 Å². The number of pyridine rings is 1. The maximum atomic E-state index is 14.6. The molecule has 2 aliphatic rings. The number of aromatic nitrogens is 3. The monoisotopic (exact) mass is 498 g/mol. The van der Waals surface area contributed by atoms with Crippen LogP contribution >= 0.6 is 0 Å². The van der Waals surface area contributed by atoms with Gasteiger partial charge in [-0.3, -0.25) is 9.59 Å². The van der Waals surface area contributed by atoms with Gasteiger partial charge in [0.15, 0.2) is 0 Å². The number of rotatable bonds is 3. The van der Waals surface area contributed by atoms with Gasteiger partial charge in [-0.15, -0.1) is 0 Å². The van der Waals surface area contributed by atoms with Crippen LogP contribution in [0.15, 0.2) is 42.7 Å². The van der Waals surface area contributed by atoms with E-state index in [0.29, 0.717) is 23.1 Å². The first-order chi connectivity index (χ1) is 17.2. The highest BCUT2D eigenvalue weighted by atomic mass is 19.3. The second-order valence-corrected chi connectivity index (χ2v) is 9.45. The number of nitrogen functional groups attached to an aromatic ring is 1. The van der Waals surface area contributed by atoms with Gasteiger partial charge in [0.05, 0.1) is 23.3 Å². The van der Waals surface area contributed by atoms with Crippen LogP contribution in [-0.2, 0) is 14.3 Å². The maximum absolute atomic E-state index is 14.6. The molecule has 5 rings (SSSR count). The number of hydrogen-bond donors (Lipinski definition) is 2. The van der Waals surface area contributed by atoms with Crippen LogP contribution in [0.1, 0.15) is 50.4 Å². The summed E-state index contributed by atoms with van der Waals surface area (Å²) >= 11 is 0. The summed E-state index contributed by atoms with van der Waals surface area (Å²) in [5, 5.41) is 7.65. The van der Waals surface area contributed by atoms with Gasteiger partial charge in [-0.2, -0.15) is 5.10 Å². The van der Waals surface area contributed by atoms with Crippen LogP contribution in [0.2, 0.25) is 0 Å². The molecule has 1 unspecified atom stereocenters. The normalized spacial score (nSPS) is 24.0. The van der Waals surface area contributed by atoms with Crippen molar-refractivity contribution in [1.82, 2.24) is 19.7 Å². The Morgan fingerprint density at radius 2 is 2.00 bits per heavy atom. The molecule has 2 amide bonds. The van der Waals surface area contributed by atoms with Crippen molar-refractivity contribution in [1.29, 1.82) is 0 Å². The molecule has 0 bridgehead atoms. The summed E-state index contributed by atoms with van der Waals surface area (Å²) in [5.74, 6) is -5.68. The zero-order valence-electron chi connectivity index (χ0n) is 19.9. The van der Waals surface area contributed by atoms with Crippen molar-refractivity contribution in [3.8, 4) is 0 Å². The summed E-state index contributed by atoms with van der Waals surface area (Å²) in [6.45, 7) is 1.76. The first-order valence-electron chi connectivity index (χ1n) is 12.0. The van der Waals surface area contributed by atoms with Gasteiger partial charge >= 0.3 is 11.8 Å². The van der Waals surface area contributed by atoms with Gasteiger partial charge in [0, 0.05) is 31.7 Å². The predicted molar refractivity (Wildman–Crippen MR) is 129 cm³/mol. The Labute approximate surface area is 206 Å². The molecule has 9 nitrogen and oxygen atoms in total. The van der Waals surface area contributed by atoms with Gasteiger partial charge < -0.3 is 20.7 Å². The van der Waals surface area contributed by atoms with Crippen LogP contribution in [0.3, 0.4) is 0 Å². The number of likely N-dealkylation sites (tertiary alicyclic amines) is 1. The van der Waals surface area contributed by atoms with Crippen LogP contribution in [0.5, 0.6) is 0 Å². The van der Waals surface area contributed by atoms with E-state index in [4.69, 9.17) is 10.5 Å². The van der Waals surface area contributed by atoms with Crippen molar-refractivity contribution >= 4 is 34.2 Å². The highest BCUT2D eigenvalue weighted by molar-refractivity contribution is 6.40. The van der Waals surface area contributed by atoms with Crippen molar-refractivity contribution in [2.45, 2.75) is 50.8 Å². The highest BCUT2D eigenvalue weighted by Crippen LogP contribution is 2.43. The minimum absolute atomic E-state index is 0.207. The first kappa shape index (κ1) is 24.1. The van der Waals surface area contributed by atoms with Crippen molar-refractivity contribution < 1.29 is 23.1 Å². The Balaban J connectivity index is 1.41. The number of nitrogens with one attached hydrogen (secondary N) is 1. The standard InChI is InChI=1S/C25H28F2N6O3/c1-15-13-32(19(11-25(15,26)27)16-7-3-2-4-8-16)24(35)23(34)30-18-12-29-22(28)17-14-33(31-21(17)18)20-9-5-6-10-36-20/h2-4,7-8,12,14-15,19-20H,5-6,9-11,13H2,1H3,(H2,28,29)(H,30,34)/t15-,19-,20?/m1/s1. The topological polar surface area (TPSA) is 115 Å². The number of ether oxygens (including phenoxy) is 1. The van der Waals surface area contributed by atoms with E-state index in [1.54, 1.807) is 41.2 Å². The number of alkyl halides is 2. The van der Waals surface area contributed by atoms with Crippen molar-refractivity contribution in [2.75, 3.05) is 24.2 Å². The number of halogens is 2. The van der Waals surface area contributed by atoms with Gasteiger partial charge in [0.1, 0.15) is 17.6 Å². The second kappa shape index (κ2) is 9.45. The lowest BCUT2D eigenvalue weighted by atomic mass is 9.86. The molecule has 2 saturated heterocycles. The minimum atomic E-state index is -2.96. The summed E-state index contributed by atoms with van der Waals surface area (Å²) in [7, 11) is 0. The molecule has 11 heteroatoms.